The average molecular weight is 279 g/mol. The molecule has 0 bridgehead atoms. The van der Waals surface area contributed by atoms with Gasteiger partial charge in [0, 0.05) is 19.0 Å². The normalized spacial score (nSPS) is 33.5. The molecule has 0 aliphatic heterocycles. The summed E-state index contributed by atoms with van der Waals surface area (Å²) >= 11 is 0. The number of carbonyl (C=O) groups excluding carboxylic acids is 1. The average Bonchev–Trinajstić information content (AvgIpc) is 2.35. The largest absolute Gasteiger partial charge is 0.343 e. The van der Waals surface area contributed by atoms with Crippen molar-refractivity contribution in [3.8, 4) is 0 Å². The summed E-state index contributed by atoms with van der Waals surface area (Å²) in [6, 6.07) is 0.500. The van der Waals surface area contributed by atoms with E-state index in [2.05, 4.69) is 13.8 Å². The lowest BCUT2D eigenvalue weighted by atomic mass is 9.54. The molecule has 0 atom stereocenters. The lowest BCUT2D eigenvalue weighted by Crippen LogP contribution is -2.47. The van der Waals surface area contributed by atoms with Crippen molar-refractivity contribution >= 4 is 5.91 Å². The number of carbonyl (C=O) groups is 1. The fourth-order valence-corrected chi connectivity index (χ4v) is 4.60. The van der Waals surface area contributed by atoms with Gasteiger partial charge < -0.3 is 4.90 Å². The summed E-state index contributed by atoms with van der Waals surface area (Å²) in [5.74, 6) is 2.29. The van der Waals surface area contributed by atoms with E-state index in [-0.39, 0.29) is 5.92 Å². The molecule has 2 fully saturated rings. The van der Waals surface area contributed by atoms with Gasteiger partial charge in [0.1, 0.15) is 0 Å². The van der Waals surface area contributed by atoms with Crippen LogP contribution in [0.2, 0.25) is 0 Å². The Kier molecular flexibility index (Phi) is 4.81. The molecule has 1 spiro atoms. The van der Waals surface area contributed by atoms with Crippen molar-refractivity contribution < 1.29 is 4.79 Å². The molecule has 2 nitrogen and oxygen atoms in total. The molecule has 0 aromatic heterocycles. The Morgan fingerprint density at radius 1 is 1.15 bits per heavy atom. The number of rotatable bonds is 4. The minimum Gasteiger partial charge on any atom is -0.343 e. The maximum Gasteiger partial charge on any atom is 0.225 e. The zero-order valence-corrected chi connectivity index (χ0v) is 14.1. The van der Waals surface area contributed by atoms with E-state index in [4.69, 9.17) is 0 Å². The van der Waals surface area contributed by atoms with E-state index in [0.717, 1.165) is 11.8 Å². The molecule has 2 saturated carbocycles. The molecule has 116 valence electrons. The summed E-state index contributed by atoms with van der Waals surface area (Å²) in [4.78, 5) is 14.1. The van der Waals surface area contributed by atoms with Gasteiger partial charge >= 0.3 is 0 Å². The molecule has 0 aromatic rings. The Morgan fingerprint density at radius 3 is 2.15 bits per heavy atom. The van der Waals surface area contributed by atoms with Gasteiger partial charge in [-0.05, 0) is 62.2 Å². The molecule has 0 radical (unpaired) electrons. The van der Waals surface area contributed by atoms with Crippen molar-refractivity contribution in [2.24, 2.45) is 23.2 Å². The zero-order chi connectivity index (χ0) is 14.9. The van der Waals surface area contributed by atoms with Gasteiger partial charge in [-0.2, -0.15) is 0 Å². The third kappa shape index (κ3) is 3.38. The monoisotopic (exact) mass is 279 g/mol. The Balaban J connectivity index is 1.78. The molecule has 0 N–H and O–H groups in total. The Morgan fingerprint density at radius 2 is 1.70 bits per heavy atom. The molecule has 2 aliphatic carbocycles. The van der Waals surface area contributed by atoms with Crippen LogP contribution in [0, 0.1) is 23.2 Å². The van der Waals surface area contributed by atoms with Gasteiger partial charge in [-0.1, -0.05) is 27.7 Å². The Labute approximate surface area is 125 Å². The molecule has 2 heteroatoms. The second kappa shape index (κ2) is 6.07. The first-order chi connectivity index (χ1) is 9.33. The summed E-state index contributed by atoms with van der Waals surface area (Å²) < 4.78 is 0. The van der Waals surface area contributed by atoms with Crippen molar-refractivity contribution in [1.29, 1.82) is 0 Å². The molecule has 0 aromatic carbocycles. The zero-order valence-electron chi connectivity index (χ0n) is 14.1. The van der Waals surface area contributed by atoms with Crippen LogP contribution in [0.1, 0.15) is 72.6 Å². The van der Waals surface area contributed by atoms with Crippen LogP contribution in [0.15, 0.2) is 0 Å². The molecule has 2 rings (SSSR count). The minimum atomic E-state index is 0.134. The highest BCUT2D eigenvalue weighted by molar-refractivity contribution is 5.78. The number of nitrogens with zero attached hydrogens (tertiary/aromatic N) is 1. The number of hydrogen-bond donors (Lipinski definition) is 0. The first-order valence-corrected chi connectivity index (χ1v) is 8.59. The second-order valence-corrected chi connectivity index (χ2v) is 8.24. The summed E-state index contributed by atoms with van der Waals surface area (Å²) in [6.07, 6.45) is 9.48. The maximum absolute atomic E-state index is 12.1. The van der Waals surface area contributed by atoms with E-state index < -0.39 is 0 Å². The summed E-state index contributed by atoms with van der Waals surface area (Å²) in [7, 11) is 2.01. The van der Waals surface area contributed by atoms with Crippen LogP contribution in [0.25, 0.3) is 0 Å². The van der Waals surface area contributed by atoms with Gasteiger partial charge in [-0.25, -0.2) is 0 Å². The molecule has 2 aliphatic rings. The van der Waals surface area contributed by atoms with Crippen molar-refractivity contribution in [2.45, 2.75) is 78.7 Å². The van der Waals surface area contributed by atoms with Crippen LogP contribution in [0.3, 0.4) is 0 Å². The number of amides is 1. The van der Waals surface area contributed by atoms with Crippen LogP contribution in [0.4, 0.5) is 0 Å². The molecular weight excluding hydrogens is 246 g/mol. The van der Waals surface area contributed by atoms with Crippen molar-refractivity contribution in [1.82, 2.24) is 4.90 Å². The van der Waals surface area contributed by atoms with Crippen molar-refractivity contribution in [3.63, 3.8) is 0 Å². The summed E-state index contributed by atoms with van der Waals surface area (Å²) in [5, 5.41) is 0. The standard InChI is InChI=1S/C18H33NO/c1-13(2)10-15-11-18(12-15)8-6-16(7-9-18)19(5)17(20)14(3)4/h13-16H,6-12H2,1-5H3. The molecule has 1 amide bonds. The molecule has 0 saturated heterocycles. The third-order valence-corrected chi connectivity index (χ3v) is 5.65. The van der Waals surface area contributed by atoms with Gasteiger partial charge in [0.05, 0.1) is 0 Å². The summed E-state index contributed by atoms with van der Waals surface area (Å²) in [5.41, 5.74) is 0.664. The van der Waals surface area contributed by atoms with E-state index in [1.807, 2.05) is 25.8 Å². The SMILES string of the molecule is CC(C)CC1CC2(CCC(N(C)C(=O)C(C)C)CC2)C1. The third-order valence-electron chi connectivity index (χ3n) is 5.65. The predicted octanol–water partition coefficient (Wildman–Crippen LogP) is 4.49. The Bertz CT molecular complexity index is 331. The van der Waals surface area contributed by atoms with E-state index in [1.165, 1.54) is 44.9 Å². The predicted molar refractivity (Wildman–Crippen MR) is 84.5 cm³/mol. The molecular formula is C18H33NO. The van der Waals surface area contributed by atoms with Crippen LogP contribution in [-0.2, 0) is 4.79 Å². The van der Waals surface area contributed by atoms with Crippen molar-refractivity contribution in [3.05, 3.63) is 0 Å². The Hall–Kier alpha value is -0.530. The van der Waals surface area contributed by atoms with Gasteiger partial charge in [0.25, 0.3) is 0 Å². The van der Waals surface area contributed by atoms with E-state index in [1.54, 1.807) is 0 Å². The highest BCUT2D eigenvalue weighted by Gasteiger charge is 2.46. The van der Waals surface area contributed by atoms with Crippen molar-refractivity contribution in [2.75, 3.05) is 7.05 Å². The minimum absolute atomic E-state index is 0.134. The molecule has 0 heterocycles. The lowest BCUT2D eigenvalue weighted by molar-refractivity contribution is -0.137. The molecule has 0 unspecified atom stereocenters. The highest BCUT2D eigenvalue weighted by atomic mass is 16.2. The fraction of sp³-hybridized carbons (Fsp3) is 0.944. The first kappa shape index (κ1) is 15.9. The smallest absolute Gasteiger partial charge is 0.225 e. The summed E-state index contributed by atoms with van der Waals surface area (Å²) in [6.45, 7) is 8.69. The first-order valence-electron chi connectivity index (χ1n) is 8.59. The maximum atomic E-state index is 12.1. The second-order valence-electron chi connectivity index (χ2n) is 8.24. The van der Waals surface area contributed by atoms with Gasteiger partial charge in [0.15, 0.2) is 0 Å². The number of hydrogen-bond acceptors (Lipinski definition) is 1. The topological polar surface area (TPSA) is 20.3 Å². The van der Waals surface area contributed by atoms with Crippen LogP contribution in [-0.4, -0.2) is 23.9 Å². The van der Waals surface area contributed by atoms with Crippen LogP contribution >= 0.6 is 0 Å². The van der Waals surface area contributed by atoms with E-state index in [0.29, 0.717) is 17.4 Å². The van der Waals surface area contributed by atoms with E-state index in [9.17, 15) is 4.79 Å². The van der Waals surface area contributed by atoms with Gasteiger partial charge in [0.2, 0.25) is 5.91 Å². The van der Waals surface area contributed by atoms with Crippen LogP contribution in [0.5, 0.6) is 0 Å². The fourth-order valence-electron chi connectivity index (χ4n) is 4.60. The van der Waals surface area contributed by atoms with E-state index >= 15 is 0 Å². The van der Waals surface area contributed by atoms with Gasteiger partial charge in [-0.15, -0.1) is 0 Å². The molecule has 20 heavy (non-hydrogen) atoms. The highest BCUT2D eigenvalue weighted by Crippen LogP contribution is 2.56. The van der Waals surface area contributed by atoms with Crippen LogP contribution < -0.4 is 0 Å². The lowest BCUT2D eigenvalue weighted by Gasteiger charge is -2.53. The van der Waals surface area contributed by atoms with Gasteiger partial charge in [-0.3, -0.25) is 4.79 Å². The quantitative estimate of drug-likeness (QED) is 0.742.